The fourth-order valence-electron chi connectivity index (χ4n) is 4.83. The number of nitrogens with zero attached hydrogens (tertiary/aromatic N) is 5. The molecule has 2 aromatic carbocycles. The normalized spacial score (nSPS) is 12.3. The maximum absolute atomic E-state index is 14.5. The van der Waals surface area contributed by atoms with Crippen LogP contribution in [0, 0.1) is 0 Å². The van der Waals surface area contributed by atoms with Crippen LogP contribution < -0.4 is 11.1 Å². The van der Waals surface area contributed by atoms with Crippen LogP contribution in [0.5, 0.6) is 0 Å². The van der Waals surface area contributed by atoms with E-state index in [2.05, 4.69) is 20.2 Å². The van der Waals surface area contributed by atoms with E-state index < -0.39 is 52.0 Å². The minimum atomic E-state index is -5.23. The van der Waals surface area contributed by atoms with Crippen molar-refractivity contribution in [2.24, 2.45) is 5.73 Å². The number of halogens is 6. The molecule has 0 spiro atoms. The Labute approximate surface area is 223 Å². The predicted octanol–water partition coefficient (Wildman–Crippen LogP) is 4.11. The number of H-pyrrole nitrogens is 1. The average molecular weight is 569 g/mol. The molecule has 0 saturated carbocycles. The number of nitrogens with two attached hydrogens (primary N) is 1. The molecular formula is C26H13F6N7O2. The molecule has 0 bridgehead atoms. The first-order valence-electron chi connectivity index (χ1n) is 11.6. The summed E-state index contributed by atoms with van der Waals surface area (Å²) >= 11 is 0. The van der Waals surface area contributed by atoms with Gasteiger partial charge in [-0.3, -0.25) is 4.79 Å². The van der Waals surface area contributed by atoms with E-state index in [1.54, 1.807) is 5.94 Å². The lowest BCUT2D eigenvalue weighted by atomic mass is 10.0. The second-order valence-electron chi connectivity index (χ2n) is 8.85. The number of carbonyl (C=O) groups is 1. The van der Waals surface area contributed by atoms with E-state index in [1.807, 2.05) is 0 Å². The van der Waals surface area contributed by atoms with Crippen molar-refractivity contribution in [3.63, 3.8) is 0 Å². The highest BCUT2D eigenvalue weighted by molar-refractivity contribution is 6.11. The molecular weight excluding hydrogens is 556 g/mol. The van der Waals surface area contributed by atoms with Gasteiger partial charge in [-0.2, -0.15) is 36.5 Å². The van der Waals surface area contributed by atoms with Crippen LogP contribution in [0.4, 0.5) is 26.3 Å². The van der Waals surface area contributed by atoms with Gasteiger partial charge in [0.2, 0.25) is 0 Å². The van der Waals surface area contributed by atoms with Gasteiger partial charge in [-0.25, -0.2) is 19.1 Å². The summed E-state index contributed by atoms with van der Waals surface area (Å²) in [5.74, 6) is 0.141. The Morgan fingerprint density at radius 1 is 0.976 bits per heavy atom. The molecule has 0 aliphatic rings. The highest BCUT2D eigenvalue weighted by Crippen LogP contribution is 2.42. The summed E-state index contributed by atoms with van der Waals surface area (Å²) in [5, 5.41) is 8.56. The van der Waals surface area contributed by atoms with Crippen LogP contribution in [0.1, 0.15) is 21.6 Å². The number of primary amides is 1. The zero-order valence-electron chi connectivity index (χ0n) is 20.2. The van der Waals surface area contributed by atoms with Crippen molar-refractivity contribution in [2.45, 2.75) is 12.4 Å². The highest BCUT2D eigenvalue weighted by atomic mass is 19.4. The summed E-state index contributed by atoms with van der Waals surface area (Å²) < 4.78 is 87.1. The summed E-state index contributed by atoms with van der Waals surface area (Å²) in [6, 6.07) is 8.51. The van der Waals surface area contributed by atoms with Crippen molar-refractivity contribution in [3.8, 4) is 22.6 Å². The molecule has 9 nitrogen and oxygen atoms in total. The monoisotopic (exact) mass is 569 g/mol. The van der Waals surface area contributed by atoms with Gasteiger partial charge in [-0.15, -0.1) is 0 Å². The Bertz CT molecular complexity index is 2070. The third-order valence-corrected chi connectivity index (χ3v) is 6.46. The maximum atomic E-state index is 14.5. The third kappa shape index (κ3) is 4.02. The third-order valence-electron chi connectivity index (χ3n) is 6.46. The van der Waals surface area contributed by atoms with Crippen molar-refractivity contribution in [1.29, 1.82) is 0 Å². The number of nitrogens with one attached hydrogen (secondary N) is 1. The van der Waals surface area contributed by atoms with Crippen LogP contribution in [0.25, 0.3) is 44.4 Å². The van der Waals surface area contributed by atoms with Gasteiger partial charge in [0.1, 0.15) is 16.7 Å². The quantitative estimate of drug-likeness (QED) is 0.309. The van der Waals surface area contributed by atoms with Crippen LogP contribution >= 0.6 is 0 Å². The van der Waals surface area contributed by atoms with E-state index in [-0.39, 0.29) is 27.5 Å². The summed E-state index contributed by atoms with van der Waals surface area (Å²) in [6.45, 7) is 0. The van der Waals surface area contributed by atoms with Gasteiger partial charge >= 0.3 is 12.4 Å². The highest BCUT2D eigenvalue weighted by Gasteiger charge is 2.43. The van der Waals surface area contributed by atoms with E-state index in [4.69, 9.17) is 5.73 Å². The number of alkyl halides is 6. The Morgan fingerprint density at radius 2 is 1.73 bits per heavy atom. The molecule has 3 N–H and O–H groups in total. The lowest BCUT2D eigenvalue weighted by molar-refractivity contribution is -0.143. The zero-order valence-corrected chi connectivity index (χ0v) is 20.2. The van der Waals surface area contributed by atoms with E-state index in [0.29, 0.717) is 16.1 Å². The minimum Gasteiger partial charge on any atom is -0.365 e. The molecule has 6 aromatic rings. The number of pyridine rings is 1. The van der Waals surface area contributed by atoms with Gasteiger partial charge in [0, 0.05) is 34.1 Å². The molecule has 4 aromatic heterocycles. The maximum Gasteiger partial charge on any atom is 0.434 e. The second-order valence-corrected chi connectivity index (χ2v) is 8.85. The van der Waals surface area contributed by atoms with Crippen LogP contribution in [0.15, 0.2) is 61.1 Å². The zero-order chi connectivity index (χ0) is 29.3. The first-order chi connectivity index (χ1) is 19.4. The van der Waals surface area contributed by atoms with E-state index in [9.17, 15) is 35.9 Å². The topological polar surface area (TPSA) is 124 Å². The number of hydrogen-bond acceptors (Lipinski definition) is 5. The van der Waals surface area contributed by atoms with Crippen molar-refractivity contribution >= 4 is 33.7 Å². The van der Waals surface area contributed by atoms with Gasteiger partial charge in [-0.05, 0) is 18.2 Å². The first kappa shape index (κ1) is 25.8. The first-order valence-corrected chi connectivity index (χ1v) is 11.6. The summed E-state index contributed by atoms with van der Waals surface area (Å²) in [4.78, 5) is 30.7. The second kappa shape index (κ2) is 8.79. The molecule has 1 amide bonds. The molecule has 206 valence electrons. The molecule has 0 aliphatic heterocycles. The Balaban J connectivity index is 1.68. The number of rotatable bonds is 4. The minimum absolute atomic E-state index is 0.0159. The smallest absolute Gasteiger partial charge is 0.365 e. The van der Waals surface area contributed by atoms with Gasteiger partial charge in [0.05, 0.1) is 28.7 Å². The average Bonchev–Trinajstić information content (AvgIpc) is 3.66. The van der Waals surface area contributed by atoms with Crippen molar-refractivity contribution in [2.75, 3.05) is 0 Å². The molecule has 0 atom stereocenters. The van der Waals surface area contributed by atoms with E-state index >= 15 is 0 Å². The van der Waals surface area contributed by atoms with Gasteiger partial charge in [0.15, 0.2) is 11.6 Å². The molecule has 0 fully saturated rings. The predicted molar refractivity (Wildman–Crippen MR) is 132 cm³/mol. The molecule has 15 heteroatoms. The van der Waals surface area contributed by atoms with Crippen LogP contribution in [-0.4, -0.2) is 41.4 Å². The van der Waals surface area contributed by atoms with Crippen molar-refractivity contribution < 1.29 is 35.9 Å². The fourth-order valence-corrected chi connectivity index (χ4v) is 4.83. The lowest BCUT2D eigenvalue weighted by Gasteiger charge is -2.14. The van der Waals surface area contributed by atoms with Gasteiger partial charge in [-0.1, -0.05) is 24.3 Å². The van der Waals surface area contributed by atoms with Gasteiger partial charge < -0.3 is 10.7 Å². The molecule has 0 unspecified atom stereocenters. The van der Waals surface area contributed by atoms with E-state index in [1.165, 1.54) is 36.7 Å². The largest absolute Gasteiger partial charge is 0.434 e. The Kier molecular flexibility index (Phi) is 5.54. The molecule has 0 radical (unpaired) electrons. The van der Waals surface area contributed by atoms with Crippen molar-refractivity contribution in [1.82, 2.24) is 29.5 Å². The summed E-state index contributed by atoms with van der Waals surface area (Å²) in [5.41, 5.74) is -0.243. The molecule has 4 heterocycles. The van der Waals surface area contributed by atoms with Crippen LogP contribution in [-0.2, 0) is 17.1 Å². The van der Waals surface area contributed by atoms with Crippen molar-refractivity contribution in [3.05, 3.63) is 83.2 Å². The summed E-state index contributed by atoms with van der Waals surface area (Å²) in [7, 11) is 0. The molecule has 0 saturated heterocycles. The molecule has 41 heavy (non-hydrogen) atoms. The SMILES string of the molecule is NC(=O)c1c(-c2ccc(-n3cccn3)c(C(F)(F)F)c2)nn(-c2cnc3[nH]c(=C=O)c4cccc2c34)c1C(F)(F)F. The lowest BCUT2D eigenvalue weighted by Crippen LogP contribution is -2.21. The van der Waals surface area contributed by atoms with Gasteiger partial charge in [0.25, 0.3) is 5.91 Å². The van der Waals surface area contributed by atoms with Crippen LogP contribution in [0.2, 0.25) is 0 Å². The van der Waals surface area contributed by atoms with E-state index in [0.717, 1.165) is 23.0 Å². The number of aromatic amines is 1. The van der Waals surface area contributed by atoms with Crippen LogP contribution in [0.3, 0.4) is 0 Å². The fraction of sp³-hybridized carbons (Fsp3) is 0.0769. The Hall–Kier alpha value is -5.43. The Morgan fingerprint density at radius 3 is 2.37 bits per heavy atom. The molecule has 0 aliphatic carbocycles. The standard InChI is InChI=1S/C26H13F6N7O2/c27-25(28,29)15-9-12(5-6-17(15)38-8-2-7-35-38)21-20(23(33)41)22(26(30,31)32)39(37-21)18-10-34-24-19-13(16(11-40)36-24)3-1-4-14(18)19/h1-10H,(H2,33,41)(H,34,36). The number of benzene rings is 2. The number of amides is 1. The number of hydrogen-bond donors (Lipinski definition) is 2. The number of carbonyl (C=O) groups excluding carboxylic acids is 2. The molecule has 6 rings (SSSR count). The summed E-state index contributed by atoms with van der Waals surface area (Å²) in [6.07, 6.45) is -6.63. The number of aromatic nitrogens is 6.